The Morgan fingerprint density at radius 2 is 1.89 bits per heavy atom. The first-order valence-electron chi connectivity index (χ1n) is 13.1. The Morgan fingerprint density at radius 1 is 1.16 bits per heavy atom. The molecular weight excluding hydrogens is 476 g/mol. The van der Waals surface area contributed by atoms with Crippen LogP contribution < -0.4 is 10.6 Å². The highest BCUT2D eigenvalue weighted by atomic mass is 16.5. The fourth-order valence-corrected chi connectivity index (χ4v) is 5.79. The number of carbonyl (C=O) groups is 3. The number of ketones is 1. The number of primary amides is 1. The first kappa shape index (κ1) is 27.5. The predicted octanol–water partition coefficient (Wildman–Crippen LogP) is 0.877. The van der Waals surface area contributed by atoms with Crippen LogP contribution in [-0.4, -0.2) is 112 Å². The molecule has 3 fully saturated rings. The Balaban J connectivity index is 1.64. The van der Waals surface area contributed by atoms with Crippen LogP contribution in [-0.2, 0) is 23.8 Å². The Hall–Kier alpha value is -2.53. The van der Waals surface area contributed by atoms with E-state index in [0.29, 0.717) is 24.2 Å². The molecular formula is C27H40N4O6. The number of nitrogens with two attached hydrogens (primary N) is 1. The number of anilines is 1. The normalized spacial score (nSPS) is 25.1. The summed E-state index contributed by atoms with van der Waals surface area (Å²) in [6.45, 7) is 9.41. The maximum Gasteiger partial charge on any atom is 0.249 e. The van der Waals surface area contributed by atoms with Gasteiger partial charge in [-0.3, -0.25) is 19.3 Å². The van der Waals surface area contributed by atoms with Crippen molar-refractivity contribution in [3.63, 3.8) is 0 Å². The van der Waals surface area contributed by atoms with E-state index in [4.69, 9.17) is 19.9 Å². The summed E-state index contributed by atoms with van der Waals surface area (Å²) in [6, 6.07) is 4.93. The minimum atomic E-state index is -0.660. The lowest BCUT2D eigenvalue weighted by atomic mass is 9.85. The highest BCUT2D eigenvalue weighted by Crippen LogP contribution is 2.36. The molecule has 1 aromatic carbocycles. The van der Waals surface area contributed by atoms with E-state index in [-0.39, 0.29) is 36.9 Å². The highest BCUT2D eigenvalue weighted by molar-refractivity contribution is 5.99. The fraction of sp³-hybridized carbons (Fsp3) is 0.667. The van der Waals surface area contributed by atoms with Gasteiger partial charge in [-0.1, -0.05) is 13.8 Å². The van der Waals surface area contributed by atoms with Gasteiger partial charge in [-0.15, -0.1) is 0 Å². The number of hydrogen-bond acceptors (Lipinski definition) is 8. The zero-order valence-corrected chi connectivity index (χ0v) is 22.4. The van der Waals surface area contributed by atoms with E-state index in [9.17, 15) is 14.4 Å². The minimum Gasteiger partial charge on any atom is -0.383 e. The molecule has 10 nitrogen and oxygen atoms in total. The van der Waals surface area contributed by atoms with Gasteiger partial charge in [0.05, 0.1) is 19.1 Å². The standard InChI is InChI=1S/C27H40N4O6/c1-17(2)13-21(27(34)31-15-23(36-4)25-24(31)22(32)16-37-25)20-14-18(5-6-19(20)26(28)33)30-9-7-29(8-10-30)11-12-35-3/h5-6,14,17,21,23-25H,7-13,15-16H2,1-4H3,(H2,28,33)/t21-,23-,24+,25+/m0/s1. The van der Waals surface area contributed by atoms with Crippen molar-refractivity contribution in [2.75, 3.05) is 71.6 Å². The van der Waals surface area contributed by atoms with Gasteiger partial charge in [0.2, 0.25) is 11.8 Å². The molecule has 0 aliphatic carbocycles. The van der Waals surface area contributed by atoms with Crippen LogP contribution >= 0.6 is 0 Å². The van der Waals surface area contributed by atoms with Crippen LogP contribution in [0.4, 0.5) is 5.69 Å². The molecule has 1 aromatic rings. The predicted molar refractivity (Wildman–Crippen MR) is 139 cm³/mol. The van der Waals surface area contributed by atoms with Crippen molar-refractivity contribution in [3.05, 3.63) is 29.3 Å². The number of fused-ring (bicyclic) bond motifs is 1. The average molecular weight is 517 g/mol. The summed E-state index contributed by atoms with van der Waals surface area (Å²) in [6.07, 6.45) is -0.303. The number of amides is 2. The van der Waals surface area contributed by atoms with Crippen molar-refractivity contribution in [1.82, 2.24) is 9.80 Å². The molecule has 3 heterocycles. The third-order valence-electron chi connectivity index (χ3n) is 7.75. The molecule has 0 saturated carbocycles. The molecule has 204 valence electrons. The number of hydrogen-bond donors (Lipinski definition) is 1. The lowest BCUT2D eigenvalue weighted by Gasteiger charge is -2.36. The molecule has 0 radical (unpaired) electrons. The van der Waals surface area contributed by atoms with Gasteiger partial charge in [0.1, 0.15) is 24.9 Å². The van der Waals surface area contributed by atoms with E-state index in [1.807, 2.05) is 26.0 Å². The molecule has 2 amide bonds. The molecule has 4 atom stereocenters. The maximum absolute atomic E-state index is 14.1. The van der Waals surface area contributed by atoms with Crippen LogP contribution in [0.2, 0.25) is 0 Å². The third-order valence-corrected chi connectivity index (χ3v) is 7.75. The maximum atomic E-state index is 14.1. The summed E-state index contributed by atoms with van der Waals surface area (Å²) in [4.78, 5) is 45.5. The van der Waals surface area contributed by atoms with Gasteiger partial charge in [0.15, 0.2) is 5.78 Å². The number of rotatable bonds is 10. The van der Waals surface area contributed by atoms with Gasteiger partial charge >= 0.3 is 0 Å². The average Bonchev–Trinajstić information content (AvgIpc) is 3.45. The lowest BCUT2D eigenvalue weighted by Crippen LogP contribution is -2.47. The Bertz CT molecular complexity index is 993. The summed E-state index contributed by atoms with van der Waals surface area (Å²) in [5.74, 6) is -1.31. The third kappa shape index (κ3) is 5.82. The van der Waals surface area contributed by atoms with Crippen LogP contribution in [0, 0.1) is 5.92 Å². The molecule has 0 spiro atoms. The van der Waals surface area contributed by atoms with Gasteiger partial charge in [0, 0.05) is 58.2 Å². The second kappa shape index (κ2) is 11.9. The van der Waals surface area contributed by atoms with E-state index in [0.717, 1.165) is 38.4 Å². The van der Waals surface area contributed by atoms with Crippen molar-refractivity contribution < 1.29 is 28.6 Å². The van der Waals surface area contributed by atoms with Gasteiger partial charge < -0.3 is 29.7 Å². The van der Waals surface area contributed by atoms with Gasteiger partial charge in [-0.2, -0.15) is 0 Å². The van der Waals surface area contributed by atoms with E-state index in [2.05, 4.69) is 9.80 Å². The summed E-state index contributed by atoms with van der Waals surface area (Å²) < 4.78 is 16.4. The van der Waals surface area contributed by atoms with Crippen molar-refractivity contribution in [1.29, 1.82) is 0 Å². The molecule has 0 unspecified atom stereocenters. The Labute approximate surface area is 219 Å². The van der Waals surface area contributed by atoms with Crippen LogP contribution in [0.15, 0.2) is 18.2 Å². The lowest BCUT2D eigenvalue weighted by molar-refractivity contribution is -0.138. The van der Waals surface area contributed by atoms with Crippen molar-refractivity contribution >= 4 is 23.3 Å². The summed E-state index contributed by atoms with van der Waals surface area (Å²) >= 11 is 0. The molecule has 0 aromatic heterocycles. The van der Waals surface area contributed by atoms with E-state index >= 15 is 0 Å². The first-order chi connectivity index (χ1) is 17.7. The largest absolute Gasteiger partial charge is 0.383 e. The number of carbonyl (C=O) groups excluding carboxylic acids is 3. The summed E-state index contributed by atoms with van der Waals surface area (Å²) in [5.41, 5.74) is 7.71. The number of nitrogens with zero attached hydrogens (tertiary/aromatic N) is 3. The number of Topliss-reactive ketones (excluding diaryl/α,β-unsaturated/α-hetero) is 1. The Morgan fingerprint density at radius 3 is 2.51 bits per heavy atom. The van der Waals surface area contributed by atoms with Crippen LogP contribution in [0.25, 0.3) is 0 Å². The molecule has 3 aliphatic heterocycles. The SMILES string of the molecule is COCCN1CCN(c2ccc(C(N)=O)c([C@H](CC(C)C)C(=O)N3C[C@H](OC)[C@H]4OCC(=O)[C@H]43)c2)CC1. The molecule has 3 aliphatic rings. The number of benzene rings is 1. The van der Waals surface area contributed by atoms with Crippen molar-refractivity contribution in [3.8, 4) is 0 Å². The first-order valence-corrected chi connectivity index (χ1v) is 13.1. The zero-order chi connectivity index (χ0) is 26.7. The zero-order valence-electron chi connectivity index (χ0n) is 22.4. The summed E-state index contributed by atoms with van der Waals surface area (Å²) in [5, 5.41) is 0. The fourth-order valence-electron chi connectivity index (χ4n) is 5.79. The number of ether oxygens (including phenoxy) is 3. The van der Waals surface area contributed by atoms with E-state index in [1.165, 1.54) is 0 Å². The van der Waals surface area contributed by atoms with Crippen LogP contribution in [0.1, 0.15) is 42.1 Å². The second-order valence-electron chi connectivity index (χ2n) is 10.6. The molecule has 4 rings (SSSR count). The second-order valence-corrected chi connectivity index (χ2v) is 10.6. The molecule has 37 heavy (non-hydrogen) atoms. The van der Waals surface area contributed by atoms with E-state index in [1.54, 1.807) is 25.2 Å². The Kier molecular flexibility index (Phi) is 8.84. The number of methoxy groups -OCH3 is 2. The minimum absolute atomic E-state index is 0.0216. The quantitative estimate of drug-likeness (QED) is 0.488. The topological polar surface area (TPSA) is 115 Å². The number of piperazine rings is 1. The van der Waals surface area contributed by atoms with Crippen LogP contribution in [0.5, 0.6) is 0 Å². The van der Waals surface area contributed by atoms with E-state index < -0.39 is 24.0 Å². The van der Waals surface area contributed by atoms with Crippen molar-refractivity contribution in [2.24, 2.45) is 11.7 Å². The molecule has 10 heteroatoms. The van der Waals surface area contributed by atoms with Gasteiger partial charge in [-0.05, 0) is 36.1 Å². The smallest absolute Gasteiger partial charge is 0.249 e. The highest BCUT2D eigenvalue weighted by Gasteiger charge is 2.53. The van der Waals surface area contributed by atoms with Gasteiger partial charge in [-0.25, -0.2) is 0 Å². The van der Waals surface area contributed by atoms with Gasteiger partial charge in [0.25, 0.3) is 0 Å². The molecule has 2 N–H and O–H groups in total. The van der Waals surface area contributed by atoms with Crippen LogP contribution in [0.3, 0.4) is 0 Å². The summed E-state index contributed by atoms with van der Waals surface area (Å²) in [7, 11) is 3.28. The molecule has 3 saturated heterocycles. The number of likely N-dealkylation sites (tertiary alicyclic amines) is 1. The molecule has 0 bridgehead atoms. The monoisotopic (exact) mass is 516 g/mol. The van der Waals surface area contributed by atoms with Crippen molar-refractivity contribution in [2.45, 2.75) is 44.4 Å².